The van der Waals surface area contributed by atoms with Gasteiger partial charge in [-0.1, -0.05) is 29.8 Å². The SMILES string of the molecule is Cc1ccc(F)c(CNc2ccccc2OC(F)F)c1. The lowest BCUT2D eigenvalue weighted by molar-refractivity contribution is -0.0493. The summed E-state index contributed by atoms with van der Waals surface area (Å²) in [6.07, 6.45) is 0. The molecule has 2 aromatic rings. The molecular weight excluding hydrogens is 267 g/mol. The van der Waals surface area contributed by atoms with Crippen molar-refractivity contribution < 1.29 is 17.9 Å². The number of halogens is 3. The van der Waals surface area contributed by atoms with Crippen LogP contribution in [0.3, 0.4) is 0 Å². The number of hydrogen-bond donors (Lipinski definition) is 1. The van der Waals surface area contributed by atoms with Gasteiger partial charge in [-0.05, 0) is 25.1 Å². The van der Waals surface area contributed by atoms with E-state index < -0.39 is 6.61 Å². The van der Waals surface area contributed by atoms with Crippen molar-refractivity contribution in [3.05, 3.63) is 59.4 Å². The van der Waals surface area contributed by atoms with E-state index in [-0.39, 0.29) is 18.1 Å². The second-order valence-electron chi connectivity index (χ2n) is 4.32. The molecule has 0 aliphatic rings. The minimum absolute atomic E-state index is 0.0376. The number of nitrogens with one attached hydrogen (secondary N) is 1. The standard InChI is InChI=1S/C15H14F3NO/c1-10-6-7-12(16)11(8-10)9-19-13-4-2-3-5-14(13)20-15(17)18/h2-8,15,19H,9H2,1H3. The molecule has 0 atom stereocenters. The minimum atomic E-state index is -2.89. The van der Waals surface area contributed by atoms with Crippen LogP contribution in [0.5, 0.6) is 5.75 Å². The Morgan fingerprint density at radius 2 is 1.90 bits per heavy atom. The zero-order valence-electron chi connectivity index (χ0n) is 10.9. The highest BCUT2D eigenvalue weighted by Crippen LogP contribution is 2.26. The van der Waals surface area contributed by atoms with Crippen LogP contribution in [0.1, 0.15) is 11.1 Å². The Bertz CT molecular complexity index is 587. The van der Waals surface area contributed by atoms with Gasteiger partial charge < -0.3 is 10.1 Å². The van der Waals surface area contributed by atoms with Crippen LogP contribution in [0.15, 0.2) is 42.5 Å². The molecule has 0 spiro atoms. The molecule has 0 radical (unpaired) electrons. The van der Waals surface area contributed by atoms with Crippen LogP contribution in [0.4, 0.5) is 18.9 Å². The number of rotatable bonds is 5. The fourth-order valence-corrected chi connectivity index (χ4v) is 1.84. The van der Waals surface area contributed by atoms with Gasteiger partial charge in [-0.25, -0.2) is 4.39 Å². The molecule has 2 rings (SSSR count). The van der Waals surface area contributed by atoms with E-state index in [2.05, 4.69) is 10.1 Å². The van der Waals surface area contributed by atoms with Crippen molar-refractivity contribution in [1.29, 1.82) is 0 Å². The minimum Gasteiger partial charge on any atom is -0.433 e. The van der Waals surface area contributed by atoms with Crippen LogP contribution in [0.2, 0.25) is 0 Å². The number of ether oxygens (including phenoxy) is 1. The molecule has 0 heterocycles. The van der Waals surface area contributed by atoms with Crippen molar-refractivity contribution in [3.8, 4) is 5.75 Å². The van der Waals surface area contributed by atoms with Crippen LogP contribution in [0, 0.1) is 12.7 Å². The van der Waals surface area contributed by atoms with Crippen LogP contribution in [-0.4, -0.2) is 6.61 Å². The monoisotopic (exact) mass is 281 g/mol. The predicted octanol–water partition coefficient (Wildman–Crippen LogP) is 4.35. The summed E-state index contributed by atoms with van der Waals surface area (Å²) in [6, 6.07) is 11.1. The highest BCUT2D eigenvalue weighted by Gasteiger charge is 2.09. The second kappa shape index (κ2) is 6.32. The molecule has 0 aliphatic carbocycles. The molecule has 0 aliphatic heterocycles. The lowest BCUT2D eigenvalue weighted by Gasteiger charge is -2.13. The molecule has 0 unspecified atom stereocenters. The summed E-state index contributed by atoms with van der Waals surface area (Å²) in [6.45, 7) is -0.845. The normalized spacial score (nSPS) is 10.7. The van der Waals surface area contributed by atoms with Crippen molar-refractivity contribution >= 4 is 5.69 Å². The van der Waals surface area contributed by atoms with Gasteiger partial charge in [-0.3, -0.25) is 0 Å². The van der Waals surface area contributed by atoms with E-state index in [1.165, 1.54) is 12.1 Å². The van der Waals surface area contributed by atoms with Gasteiger partial charge in [0.15, 0.2) is 0 Å². The van der Waals surface area contributed by atoms with E-state index >= 15 is 0 Å². The number of anilines is 1. The van der Waals surface area contributed by atoms with Gasteiger partial charge in [0.25, 0.3) is 0 Å². The maximum absolute atomic E-state index is 13.6. The van der Waals surface area contributed by atoms with Crippen LogP contribution < -0.4 is 10.1 Å². The number of aryl methyl sites for hydroxylation is 1. The third kappa shape index (κ3) is 3.66. The van der Waals surface area contributed by atoms with Crippen LogP contribution in [-0.2, 0) is 6.54 Å². The van der Waals surface area contributed by atoms with Gasteiger partial charge in [-0.2, -0.15) is 8.78 Å². The summed E-state index contributed by atoms with van der Waals surface area (Å²) >= 11 is 0. The molecule has 5 heteroatoms. The first-order valence-electron chi connectivity index (χ1n) is 6.09. The maximum atomic E-state index is 13.6. The number of hydrogen-bond acceptors (Lipinski definition) is 2. The summed E-state index contributed by atoms with van der Waals surface area (Å²) in [5.41, 5.74) is 1.80. The van der Waals surface area contributed by atoms with E-state index in [1.54, 1.807) is 30.3 Å². The highest BCUT2D eigenvalue weighted by molar-refractivity contribution is 5.56. The Labute approximate surface area is 115 Å². The second-order valence-corrected chi connectivity index (χ2v) is 4.32. The van der Waals surface area contributed by atoms with E-state index in [0.717, 1.165) is 5.56 Å². The van der Waals surface area contributed by atoms with Crippen LogP contribution >= 0.6 is 0 Å². The first-order valence-corrected chi connectivity index (χ1v) is 6.09. The van der Waals surface area contributed by atoms with Gasteiger partial charge in [0.05, 0.1) is 5.69 Å². The maximum Gasteiger partial charge on any atom is 0.387 e. The van der Waals surface area contributed by atoms with Crippen molar-refractivity contribution in [2.24, 2.45) is 0 Å². The summed E-state index contributed by atoms with van der Waals surface area (Å²) in [5, 5.41) is 2.90. The molecule has 1 N–H and O–H groups in total. The highest BCUT2D eigenvalue weighted by atomic mass is 19.3. The molecule has 20 heavy (non-hydrogen) atoms. The predicted molar refractivity (Wildman–Crippen MR) is 71.5 cm³/mol. The largest absolute Gasteiger partial charge is 0.433 e. The third-order valence-electron chi connectivity index (χ3n) is 2.77. The molecule has 0 fully saturated rings. The van der Waals surface area contributed by atoms with Gasteiger partial charge in [0, 0.05) is 12.1 Å². The molecule has 0 amide bonds. The number of benzene rings is 2. The molecule has 0 saturated carbocycles. The van der Waals surface area contributed by atoms with E-state index in [4.69, 9.17) is 0 Å². The Morgan fingerprint density at radius 3 is 2.65 bits per heavy atom. The molecule has 0 saturated heterocycles. The Hall–Kier alpha value is -2.17. The van der Waals surface area contributed by atoms with Crippen molar-refractivity contribution in [2.45, 2.75) is 20.1 Å². The first kappa shape index (κ1) is 14.2. The molecule has 2 aromatic carbocycles. The zero-order valence-corrected chi connectivity index (χ0v) is 10.9. The average molecular weight is 281 g/mol. The summed E-state index contributed by atoms with van der Waals surface area (Å²) in [4.78, 5) is 0. The van der Waals surface area contributed by atoms with E-state index in [9.17, 15) is 13.2 Å². The smallest absolute Gasteiger partial charge is 0.387 e. The summed E-state index contributed by atoms with van der Waals surface area (Å²) in [7, 11) is 0. The Kier molecular flexibility index (Phi) is 4.50. The molecular formula is C15H14F3NO. The summed E-state index contributed by atoms with van der Waals surface area (Å²) in [5.74, 6) is -0.300. The quantitative estimate of drug-likeness (QED) is 0.879. The molecule has 2 nitrogen and oxygen atoms in total. The van der Waals surface area contributed by atoms with Crippen molar-refractivity contribution in [1.82, 2.24) is 0 Å². The molecule has 0 aromatic heterocycles. The first-order chi connectivity index (χ1) is 9.56. The number of para-hydroxylation sites is 2. The lowest BCUT2D eigenvalue weighted by atomic mass is 10.1. The van der Waals surface area contributed by atoms with Crippen molar-refractivity contribution in [3.63, 3.8) is 0 Å². The summed E-state index contributed by atoms with van der Waals surface area (Å²) < 4.78 is 42.5. The van der Waals surface area contributed by atoms with Gasteiger partial charge in [0.1, 0.15) is 11.6 Å². The number of alkyl halides is 2. The van der Waals surface area contributed by atoms with Gasteiger partial charge >= 0.3 is 6.61 Å². The average Bonchev–Trinajstić information content (AvgIpc) is 2.41. The Morgan fingerprint density at radius 1 is 1.15 bits per heavy atom. The molecule has 0 bridgehead atoms. The van der Waals surface area contributed by atoms with E-state index in [0.29, 0.717) is 11.3 Å². The lowest BCUT2D eigenvalue weighted by Crippen LogP contribution is -2.07. The fourth-order valence-electron chi connectivity index (χ4n) is 1.84. The Balaban J connectivity index is 2.12. The van der Waals surface area contributed by atoms with Crippen molar-refractivity contribution in [2.75, 3.05) is 5.32 Å². The third-order valence-corrected chi connectivity index (χ3v) is 2.77. The molecule has 106 valence electrons. The fraction of sp³-hybridized carbons (Fsp3) is 0.200. The topological polar surface area (TPSA) is 21.3 Å². The van der Waals surface area contributed by atoms with E-state index in [1.807, 2.05) is 6.92 Å². The van der Waals surface area contributed by atoms with Gasteiger partial charge in [0.2, 0.25) is 0 Å². The van der Waals surface area contributed by atoms with Crippen LogP contribution in [0.25, 0.3) is 0 Å². The van der Waals surface area contributed by atoms with Gasteiger partial charge in [-0.15, -0.1) is 0 Å². The zero-order chi connectivity index (χ0) is 14.5.